The monoisotopic (exact) mass is 238 g/mol. The van der Waals surface area contributed by atoms with E-state index in [1.165, 1.54) is 0 Å². The zero-order chi connectivity index (χ0) is 12.7. The van der Waals surface area contributed by atoms with Gasteiger partial charge in [0, 0.05) is 18.8 Å². The molecule has 1 aromatic rings. The summed E-state index contributed by atoms with van der Waals surface area (Å²) in [7, 11) is 0. The average Bonchev–Trinajstić information content (AvgIpc) is 2.28. The van der Waals surface area contributed by atoms with E-state index in [0.29, 0.717) is 12.5 Å². The van der Waals surface area contributed by atoms with E-state index in [4.69, 9.17) is 9.47 Å². The largest absolute Gasteiger partial charge is 0.473 e. The van der Waals surface area contributed by atoms with Gasteiger partial charge in [-0.2, -0.15) is 0 Å². The Bertz CT molecular complexity index is 329. The zero-order valence-electron chi connectivity index (χ0n) is 11.1. The van der Waals surface area contributed by atoms with Crippen molar-refractivity contribution in [1.29, 1.82) is 0 Å². The minimum atomic E-state index is 0.118. The molecule has 1 rings (SSSR count). The summed E-state index contributed by atoms with van der Waals surface area (Å²) in [4.78, 5) is 4.23. The number of hydrogen-bond acceptors (Lipinski definition) is 4. The fourth-order valence-corrected chi connectivity index (χ4v) is 1.42. The van der Waals surface area contributed by atoms with Crippen LogP contribution in [0, 0.1) is 0 Å². The Kier molecular flexibility index (Phi) is 5.77. The summed E-state index contributed by atoms with van der Waals surface area (Å²) in [6.45, 7) is 9.44. The summed E-state index contributed by atoms with van der Waals surface area (Å²) < 4.78 is 11.0. The SMILES string of the molecule is CCOCC(C)Nc1cccnc1OC(C)C. The van der Waals surface area contributed by atoms with Crippen molar-refractivity contribution < 1.29 is 9.47 Å². The molecule has 0 spiro atoms. The molecule has 0 fully saturated rings. The highest BCUT2D eigenvalue weighted by molar-refractivity contribution is 5.52. The van der Waals surface area contributed by atoms with Gasteiger partial charge in [-0.25, -0.2) is 4.98 Å². The first kappa shape index (κ1) is 13.8. The van der Waals surface area contributed by atoms with Gasteiger partial charge < -0.3 is 14.8 Å². The van der Waals surface area contributed by atoms with Crippen LogP contribution >= 0.6 is 0 Å². The summed E-state index contributed by atoms with van der Waals surface area (Å²) >= 11 is 0. The Balaban J connectivity index is 2.62. The van der Waals surface area contributed by atoms with E-state index >= 15 is 0 Å². The van der Waals surface area contributed by atoms with Gasteiger partial charge in [-0.15, -0.1) is 0 Å². The first-order valence-electron chi connectivity index (χ1n) is 6.09. The number of rotatable bonds is 7. The van der Waals surface area contributed by atoms with Gasteiger partial charge >= 0.3 is 0 Å². The number of nitrogens with one attached hydrogen (secondary N) is 1. The normalized spacial score (nSPS) is 12.5. The van der Waals surface area contributed by atoms with Gasteiger partial charge in [-0.3, -0.25) is 0 Å². The molecule has 0 aliphatic rings. The van der Waals surface area contributed by atoms with Crippen LogP contribution in [-0.4, -0.2) is 30.3 Å². The fraction of sp³-hybridized carbons (Fsp3) is 0.615. The molecule has 0 aliphatic carbocycles. The van der Waals surface area contributed by atoms with E-state index in [1.54, 1.807) is 6.20 Å². The Morgan fingerprint density at radius 3 is 2.76 bits per heavy atom. The summed E-state index contributed by atoms with van der Waals surface area (Å²) in [5.41, 5.74) is 0.911. The van der Waals surface area contributed by atoms with Crippen molar-refractivity contribution >= 4 is 5.69 Å². The number of hydrogen-bond donors (Lipinski definition) is 1. The van der Waals surface area contributed by atoms with Gasteiger partial charge in [0.2, 0.25) is 5.88 Å². The lowest BCUT2D eigenvalue weighted by molar-refractivity contribution is 0.141. The predicted octanol–water partition coefficient (Wildman–Crippen LogP) is 2.71. The highest BCUT2D eigenvalue weighted by atomic mass is 16.5. The third-order valence-electron chi connectivity index (χ3n) is 2.09. The quantitative estimate of drug-likeness (QED) is 0.793. The molecule has 0 saturated carbocycles. The number of aromatic nitrogens is 1. The van der Waals surface area contributed by atoms with Crippen LogP contribution in [0.5, 0.6) is 5.88 Å². The minimum absolute atomic E-state index is 0.118. The summed E-state index contributed by atoms with van der Waals surface area (Å²) in [6.07, 6.45) is 1.85. The Hall–Kier alpha value is -1.29. The number of nitrogens with zero attached hydrogens (tertiary/aromatic N) is 1. The van der Waals surface area contributed by atoms with Gasteiger partial charge in [0.05, 0.1) is 18.4 Å². The standard InChI is InChI=1S/C13H22N2O2/c1-5-16-9-11(4)15-12-7-6-8-14-13(12)17-10(2)3/h6-8,10-11,15H,5,9H2,1-4H3. The minimum Gasteiger partial charge on any atom is -0.473 e. The molecule has 0 aromatic carbocycles. The van der Waals surface area contributed by atoms with E-state index in [0.717, 1.165) is 12.3 Å². The van der Waals surface area contributed by atoms with Crippen molar-refractivity contribution in [2.45, 2.75) is 39.8 Å². The molecule has 17 heavy (non-hydrogen) atoms. The summed E-state index contributed by atoms with van der Waals surface area (Å²) in [5.74, 6) is 0.644. The van der Waals surface area contributed by atoms with Gasteiger partial charge in [-0.1, -0.05) is 0 Å². The zero-order valence-corrected chi connectivity index (χ0v) is 11.1. The van der Waals surface area contributed by atoms with Crippen molar-refractivity contribution in [2.24, 2.45) is 0 Å². The van der Waals surface area contributed by atoms with Crippen LogP contribution in [0.1, 0.15) is 27.7 Å². The topological polar surface area (TPSA) is 43.4 Å². The number of pyridine rings is 1. The van der Waals surface area contributed by atoms with Crippen LogP contribution in [0.3, 0.4) is 0 Å². The Morgan fingerprint density at radius 1 is 1.35 bits per heavy atom. The second-order valence-electron chi connectivity index (χ2n) is 4.23. The highest BCUT2D eigenvalue weighted by Gasteiger charge is 2.09. The second kappa shape index (κ2) is 7.12. The van der Waals surface area contributed by atoms with Gasteiger partial charge in [-0.05, 0) is 39.8 Å². The van der Waals surface area contributed by atoms with Crippen molar-refractivity contribution in [3.63, 3.8) is 0 Å². The third-order valence-corrected chi connectivity index (χ3v) is 2.09. The van der Waals surface area contributed by atoms with Gasteiger partial charge in [0.25, 0.3) is 0 Å². The van der Waals surface area contributed by atoms with E-state index in [9.17, 15) is 0 Å². The Morgan fingerprint density at radius 2 is 2.12 bits per heavy atom. The molecule has 1 atom stereocenters. The van der Waals surface area contributed by atoms with Crippen molar-refractivity contribution in [1.82, 2.24) is 4.98 Å². The molecular formula is C13H22N2O2. The molecular weight excluding hydrogens is 216 g/mol. The van der Waals surface area contributed by atoms with Crippen LogP contribution < -0.4 is 10.1 Å². The van der Waals surface area contributed by atoms with Crippen LogP contribution in [-0.2, 0) is 4.74 Å². The molecule has 4 heteroatoms. The highest BCUT2D eigenvalue weighted by Crippen LogP contribution is 2.22. The maximum atomic E-state index is 5.64. The smallest absolute Gasteiger partial charge is 0.237 e. The van der Waals surface area contributed by atoms with Gasteiger partial charge in [0.1, 0.15) is 0 Å². The van der Waals surface area contributed by atoms with Crippen molar-refractivity contribution in [3.05, 3.63) is 18.3 Å². The molecule has 0 saturated heterocycles. The van der Waals surface area contributed by atoms with E-state index < -0.39 is 0 Å². The molecule has 0 bridgehead atoms. The van der Waals surface area contributed by atoms with Crippen molar-refractivity contribution in [3.8, 4) is 5.88 Å². The van der Waals surface area contributed by atoms with Crippen LogP contribution in [0.4, 0.5) is 5.69 Å². The lowest BCUT2D eigenvalue weighted by Crippen LogP contribution is -2.22. The fourth-order valence-electron chi connectivity index (χ4n) is 1.42. The molecule has 96 valence electrons. The molecule has 1 heterocycles. The first-order chi connectivity index (χ1) is 8.13. The van der Waals surface area contributed by atoms with E-state index in [-0.39, 0.29) is 12.1 Å². The van der Waals surface area contributed by atoms with Gasteiger partial charge in [0.15, 0.2) is 0 Å². The van der Waals surface area contributed by atoms with Crippen LogP contribution in [0.25, 0.3) is 0 Å². The summed E-state index contributed by atoms with van der Waals surface area (Å²) in [6, 6.07) is 4.09. The molecule has 1 N–H and O–H groups in total. The number of ether oxygens (including phenoxy) is 2. The second-order valence-corrected chi connectivity index (χ2v) is 4.23. The predicted molar refractivity (Wildman–Crippen MR) is 69.6 cm³/mol. The van der Waals surface area contributed by atoms with E-state index in [2.05, 4.69) is 17.2 Å². The molecule has 4 nitrogen and oxygen atoms in total. The lowest BCUT2D eigenvalue weighted by Gasteiger charge is -2.18. The number of anilines is 1. The molecule has 1 unspecified atom stereocenters. The molecule has 0 radical (unpaired) electrons. The maximum Gasteiger partial charge on any atom is 0.237 e. The van der Waals surface area contributed by atoms with Crippen LogP contribution in [0.2, 0.25) is 0 Å². The average molecular weight is 238 g/mol. The molecule has 0 aliphatic heterocycles. The van der Waals surface area contributed by atoms with Crippen LogP contribution in [0.15, 0.2) is 18.3 Å². The van der Waals surface area contributed by atoms with E-state index in [1.807, 2.05) is 32.9 Å². The summed E-state index contributed by atoms with van der Waals surface area (Å²) in [5, 5.41) is 3.34. The molecule has 1 aromatic heterocycles. The maximum absolute atomic E-state index is 5.64. The lowest BCUT2D eigenvalue weighted by atomic mass is 10.3. The Labute approximate surface area is 103 Å². The third kappa shape index (κ3) is 5.04. The molecule has 0 amide bonds. The first-order valence-corrected chi connectivity index (χ1v) is 6.09. The van der Waals surface area contributed by atoms with Crippen molar-refractivity contribution in [2.75, 3.05) is 18.5 Å².